The van der Waals surface area contributed by atoms with Gasteiger partial charge in [-0.15, -0.1) is 0 Å². The van der Waals surface area contributed by atoms with Crippen LogP contribution in [-0.4, -0.2) is 6.17 Å². The molecule has 0 fully saturated rings. The van der Waals surface area contributed by atoms with Crippen LogP contribution < -0.4 is 16.8 Å². The third-order valence-electron chi connectivity index (χ3n) is 3.23. The Kier molecular flexibility index (Phi) is 3.34. The summed E-state index contributed by atoms with van der Waals surface area (Å²) in [7, 11) is 0. The highest BCUT2D eigenvalue weighted by Crippen LogP contribution is 2.33. The minimum atomic E-state index is -0.334. The average molecular weight is 306 g/mol. The first kappa shape index (κ1) is 13.3. The number of rotatable bonds is 1. The predicted octanol–water partition coefficient (Wildman–Crippen LogP) is 3.83. The van der Waals surface area contributed by atoms with E-state index < -0.39 is 0 Å². The molecule has 0 saturated heterocycles. The number of hydrogen-bond acceptors (Lipinski definition) is 3. The molecular formula is C15H13Cl2N3. The highest BCUT2D eigenvalue weighted by molar-refractivity contribution is 6.35. The number of benzene rings is 2. The van der Waals surface area contributed by atoms with E-state index in [4.69, 9.17) is 34.7 Å². The van der Waals surface area contributed by atoms with Crippen molar-refractivity contribution in [3.63, 3.8) is 0 Å². The molecule has 1 aliphatic rings. The Bertz CT molecular complexity index is 690. The van der Waals surface area contributed by atoms with Crippen LogP contribution in [0.25, 0.3) is 11.6 Å². The Morgan fingerprint density at radius 1 is 1.00 bits per heavy atom. The first-order valence-corrected chi connectivity index (χ1v) is 6.88. The normalized spacial score (nSPS) is 17.1. The molecule has 0 aliphatic carbocycles. The van der Waals surface area contributed by atoms with Gasteiger partial charge in [-0.1, -0.05) is 29.3 Å². The lowest BCUT2D eigenvalue weighted by Crippen LogP contribution is -2.33. The van der Waals surface area contributed by atoms with Crippen LogP contribution in [0.5, 0.6) is 0 Å². The molecule has 3 nitrogen and oxygen atoms in total. The number of halogens is 2. The fraction of sp³-hybridized carbons (Fsp3) is 0.0667. The third kappa shape index (κ3) is 2.48. The molecule has 0 bridgehead atoms. The lowest BCUT2D eigenvalue weighted by Gasteiger charge is -2.26. The highest BCUT2D eigenvalue weighted by atomic mass is 35.5. The summed E-state index contributed by atoms with van der Waals surface area (Å²) in [5, 5.41) is 4.41. The van der Waals surface area contributed by atoms with Crippen molar-refractivity contribution in [1.29, 1.82) is 0 Å². The van der Waals surface area contributed by atoms with Gasteiger partial charge in [0.2, 0.25) is 0 Å². The van der Waals surface area contributed by atoms with Crippen molar-refractivity contribution >= 4 is 46.2 Å². The van der Waals surface area contributed by atoms with Crippen LogP contribution in [0.3, 0.4) is 0 Å². The molecule has 5 N–H and O–H groups in total. The van der Waals surface area contributed by atoms with E-state index in [-0.39, 0.29) is 6.17 Å². The Morgan fingerprint density at radius 3 is 2.40 bits per heavy atom. The van der Waals surface area contributed by atoms with Gasteiger partial charge < -0.3 is 16.8 Å². The van der Waals surface area contributed by atoms with Crippen LogP contribution in [0.15, 0.2) is 36.4 Å². The second-order valence-electron chi connectivity index (χ2n) is 4.73. The Labute approximate surface area is 127 Å². The maximum Gasteiger partial charge on any atom is 0.101 e. The van der Waals surface area contributed by atoms with Gasteiger partial charge in [-0.05, 0) is 53.1 Å². The van der Waals surface area contributed by atoms with E-state index in [1.54, 1.807) is 6.07 Å². The average Bonchev–Trinajstić information content (AvgIpc) is 2.36. The van der Waals surface area contributed by atoms with Crippen LogP contribution in [0.4, 0.5) is 11.4 Å². The van der Waals surface area contributed by atoms with E-state index in [9.17, 15) is 0 Å². The van der Waals surface area contributed by atoms with Crippen molar-refractivity contribution in [3.05, 3.63) is 57.6 Å². The van der Waals surface area contributed by atoms with Crippen molar-refractivity contribution in [3.8, 4) is 0 Å². The van der Waals surface area contributed by atoms with Gasteiger partial charge in [0.05, 0.1) is 0 Å². The van der Waals surface area contributed by atoms with E-state index in [0.29, 0.717) is 15.7 Å². The molecule has 0 spiro atoms. The number of nitrogens with one attached hydrogen (secondary N) is 1. The van der Waals surface area contributed by atoms with E-state index in [2.05, 4.69) is 5.32 Å². The lowest BCUT2D eigenvalue weighted by molar-refractivity contribution is 0.958. The molecule has 0 amide bonds. The Morgan fingerprint density at radius 2 is 1.70 bits per heavy atom. The van der Waals surface area contributed by atoms with Gasteiger partial charge in [0, 0.05) is 21.4 Å². The number of nitrogens with two attached hydrogens (primary N) is 2. The zero-order chi connectivity index (χ0) is 14.3. The van der Waals surface area contributed by atoms with Gasteiger partial charge in [-0.3, -0.25) is 0 Å². The monoisotopic (exact) mass is 305 g/mol. The van der Waals surface area contributed by atoms with Gasteiger partial charge in [0.25, 0.3) is 0 Å². The third-order valence-corrected chi connectivity index (χ3v) is 3.67. The first-order valence-electron chi connectivity index (χ1n) is 6.12. The van der Waals surface area contributed by atoms with E-state index >= 15 is 0 Å². The zero-order valence-corrected chi connectivity index (χ0v) is 12.0. The van der Waals surface area contributed by atoms with Crippen molar-refractivity contribution in [1.82, 2.24) is 0 Å². The summed E-state index contributed by atoms with van der Waals surface area (Å²) >= 11 is 12.1. The summed E-state index contributed by atoms with van der Waals surface area (Å²) in [4.78, 5) is 0. The Hall–Kier alpha value is -1.68. The van der Waals surface area contributed by atoms with Crippen LogP contribution >= 0.6 is 23.2 Å². The van der Waals surface area contributed by atoms with Crippen molar-refractivity contribution in [2.45, 2.75) is 6.17 Å². The van der Waals surface area contributed by atoms with Gasteiger partial charge in [-0.25, -0.2) is 0 Å². The molecule has 3 rings (SSSR count). The molecule has 1 unspecified atom stereocenters. The van der Waals surface area contributed by atoms with E-state index in [1.807, 2.05) is 36.4 Å². The SMILES string of the molecule is Nc1ccc2c(c1)NC(N)C(c1cc(Cl)cc(Cl)c1)=C2. The molecular weight excluding hydrogens is 293 g/mol. The summed E-state index contributed by atoms with van der Waals surface area (Å²) in [6.45, 7) is 0. The van der Waals surface area contributed by atoms with Crippen LogP contribution in [0.2, 0.25) is 10.0 Å². The van der Waals surface area contributed by atoms with Gasteiger partial charge in [0.15, 0.2) is 0 Å². The summed E-state index contributed by atoms with van der Waals surface area (Å²) in [5.41, 5.74) is 16.4. The predicted molar refractivity (Wildman–Crippen MR) is 86.8 cm³/mol. The standard InChI is InChI=1S/C15H13Cl2N3/c16-10-3-9(4-11(17)6-10)13-5-8-1-2-12(18)7-14(8)20-15(13)19/h1-7,15,20H,18-19H2. The molecule has 2 aromatic carbocycles. The van der Waals surface area contributed by atoms with Gasteiger partial charge in [-0.2, -0.15) is 0 Å². The molecule has 0 radical (unpaired) electrons. The molecule has 1 heterocycles. The van der Waals surface area contributed by atoms with E-state index in [1.165, 1.54) is 0 Å². The van der Waals surface area contributed by atoms with E-state index in [0.717, 1.165) is 22.4 Å². The number of hydrogen-bond donors (Lipinski definition) is 3. The first-order chi connectivity index (χ1) is 9.52. The van der Waals surface area contributed by atoms with Crippen molar-refractivity contribution in [2.75, 3.05) is 11.1 Å². The quantitative estimate of drug-likeness (QED) is 0.702. The fourth-order valence-electron chi connectivity index (χ4n) is 2.31. The van der Waals surface area contributed by atoms with Crippen LogP contribution in [-0.2, 0) is 0 Å². The molecule has 2 aromatic rings. The topological polar surface area (TPSA) is 64.1 Å². The number of anilines is 2. The van der Waals surface area contributed by atoms with Crippen LogP contribution in [0, 0.1) is 0 Å². The van der Waals surface area contributed by atoms with Gasteiger partial charge >= 0.3 is 0 Å². The Balaban J connectivity index is 2.11. The summed E-state index contributed by atoms with van der Waals surface area (Å²) in [6.07, 6.45) is 1.69. The smallest absolute Gasteiger partial charge is 0.101 e. The summed E-state index contributed by atoms with van der Waals surface area (Å²) in [6, 6.07) is 11.1. The van der Waals surface area contributed by atoms with Crippen molar-refractivity contribution < 1.29 is 0 Å². The minimum absolute atomic E-state index is 0.334. The molecule has 102 valence electrons. The molecule has 5 heteroatoms. The largest absolute Gasteiger partial charge is 0.399 e. The second-order valence-corrected chi connectivity index (χ2v) is 5.60. The maximum absolute atomic E-state index is 6.17. The molecule has 0 saturated carbocycles. The molecule has 1 aliphatic heterocycles. The van der Waals surface area contributed by atoms with Crippen molar-refractivity contribution in [2.24, 2.45) is 5.73 Å². The summed E-state index contributed by atoms with van der Waals surface area (Å²) in [5.74, 6) is 0. The molecule has 20 heavy (non-hydrogen) atoms. The minimum Gasteiger partial charge on any atom is -0.399 e. The van der Waals surface area contributed by atoms with Crippen LogP contribution in [0.1, 0.15) is 11.1 Å². The highest BCUT2D eigenvalue weighted by Gasteiger charge is 2.19. The second kappa shape index (κ2) is 5.02. The number of fused-ring (bicyclic) bond motifs is 1. The zero-order valence-electron chi connectivity index (χ0n) is 10.5. The summed E-state index contributed by atoms with van der Waals surface area (Å²) < 4.78 is 0. The lowest BCUT2D eigenvalue weighted by atomic mass is 9.96. The maximum atomic E-state index is 6.17. The molecule has 0 aromatic heterocycles. The molecule has 1 atom stereocenters. The number of nitrogen functional groups attached to an aromatic ring is 1. The fourth-order valence-corrected chi connectivity index (χ4v) is 2.84. The van der Waals surface area contributed by atoms with Gasteiger partial charge in [0.1, 0.15) is 6.17 Å².